The summed E-state index contributed by atoms with van der Waals surface area (Å²) < 4.78 is 23.7. The van der Waals surface area contributed by atoms with Gasteiger partial charge in [-0.15, -0.1) is 0 Å². The van der Waals surface area contributed by atoms with Crippen molar-refractivity contribution in [3.8, 4) is 0 Å². The summed E-state index contributed by atoms with van der Waals surface area (Å²) in [5, 5.41) is 13.0. The van der Waals surface area contributed by atoms with E-state index in [1.54, 1.807) is 6.92 Å². The lowest BCUT2D eigenvalue weighted by Crippen LogP contribution is -2.10. The van der Waals surface area contributed by atoms with Gasteiger partial charge in [0.2, 0.25) is 0 Å². The van der Waals surface area contributed by atoms with Crippen LogP contribution in [-0.4, -0.2) is 17.9 Å². The zero-order valence-electron chi connectivity index (χ0n) is 8.04. The number of nitro benzene ring substituents is 1. The van der Waals surface area contributed by atoms with Gasteiger partial charge < -0.3 is 5.32 Å². The van der Waals surface area contributed by atoms with Crippen molar-refractivity contribution in [2.75, 3.05) is 11.9 Å². The largest absolute Gasteiger partial charge is 0.379 e. The van der Waals surface area contributed by atoms with Gasteiger partial charge in [0.25, 0.3) is 12.1 Å². The van der Waals surface area contributed by atoms with Crippen LogP contribution in [0.4, 0.5) is 20.2 Å². The molecule has 0 saturated heterocycles. The summed E-state index contributed by atoms with van der Waals surface area (Å²) in [7, 11) is 0. The van der Waals surface area contributed by atoms with Crippen LogP contribution >= 0.6 is 0 Å². The maximum absolute atomic E-state index is 11.9. The average molecular weight is 216 g/mol. The number of anilines is 1. The van der Waals surface area contributed by atoms with Crippen LogP contribution in [0.3, 0.4) is 0 Å². The summed E-state index contributed by atoms with van der Waals surface area (Å²) in [5.41, 5.74) is 0.754. The smallest absolute Gasteiger partial charge is 0.274 e. The Morgan fingerprint density at radius 2 is 2.20 bits per heavy atom. The Kier molecular flexibility index (Phi) is 3.54. The van der Waals surface area contributed by atoms with Crippen molar-refractivity contribution in [1.29, 1.82) is 0 Å². The minimum absolute atomic E-state index is 0.0748. The van der Waals surface area contributed by atoms with E-state index in [1.807, 2.05) is 0 Å². The summed E-state index contributed by atoms with van der Waals surface area (Å²) in [6.07, 6.45) is -2.48. The Balaban J connectivity index is 2.83. The van der Waals surface area contributed by atoms with Crippen LogP contribution < -0.4 is 5.32 Å². The van der Waals surface area contributed by atoms with Gasteiger partial charge >= 0.3 is 0 Å². The van der Waals surface area contributed by atoms with E-state index in [9.17, 15) is 18.9 Å². The maximum atomic E-state index is 11.9. The third kappa shape index (κ3) is 3.16. The fourth-order valence-electron chi connectivity index (χ4n) is 1.11. The van der Waals surface area contributed by atoms with Crippen LogP contribution in [-0.2, 0) is 0 Å². The Hall–Kier alpha value is -1.72. The highest BCUT2D eigenvalue weighted by Crippen LogP contribution is 2.22. The fraction of sp³-hybridized carbons (Fsp3) is 0.333. The zero-order chi connectivity index (χ0) is 11.4. The molecular formula is C9H10F2N2O2. The predicted octanol–water partition coefficient (Wildman–Crippen LogP) is 2.58. The summed E-state index contributed by atoms with van der Waals surface area (Å²) in [4.78, 5) is 10.0. The first-order valence-electron chi connectivity index (χ1n) is 4.28. The molecule has 0 unspecified atom stereocenters. The Morgan fingerprint density at radius 3 is 2.73 bits per heavy atom. The van der Waals surface area contributed by atoms with Gasteiger partial charge in [0.15, 0.2) is 0 Å². The number of nitro groups is 1. The molecule has 4 nitrogen and oxygen atoms in total. The van der Waals surface area contributed by atoms with Crippen molar-refractivity contribution in [3.63, 3.8) is 0 Å². The molecule has 15 heavy (non-hydrogen) atoms. The number of benzene rings is 1. The minimum atomic E-state index is -2.48. The second-order valence-corrected chi connectivity index (χ2v) is 3.03. The van der Waals surface area contributed by atoms with Gasteiger partial charge in [-0.2, -0.15) is 0 Å². The normalized spacial score (nSPS) is 10.4. The maximum Gasteiger partial charge on any atom is 0.274 e. The number of halogens is 2. The number of alkyl halides is 2. The SMILES string of the molecule is Cc1ccc(NCC(F)F)cc1[N+](=O)[O-]. The van der Waals surface area contributed by atoms with Crippen molar-refractivity contribution in [3.05, 3.63) is 33.9 Å². The van der Waals surface area contributed by atoms with E-state index >= 15 is 0 Å². The topological polar surface area (TPSA) is 55.2 Å². The molecule has 82 valence electrons. The molecule has 0 aliphatic heterocycles. The first-order chi connectivity index (χ1) is 7.00. The van der Waals surface area contributed by atoms with Gasteiger partial charge in [-0.3, -0.25) is 10.1 Å². The Morgan fingerprint density at radius 1 is 1.53 bits per heavy atom. The summed E-state index contributed by atoms with van der Waals surface area (Å²) in [5.74, 6) is 0. The van der Waals surface area contributed by atoms with E-state index in [0.29, 0.717) is 11.3 Å². The van der Waals surface area contributed by atoms with E-state index in [-0.39, 0.29) is 5.69 Å². The first-order valence-corrected chi connectivity index (χ1v) is 4.28. The monoisotopic (exact) mass is 216 g/mol. The molecule has 0 heterocycles. The van der Waals surface area contributed by atoms with Crippen LogP contribution in [0.2, 0.25) is 0 Å². The Labute approximate surface area is 85.1 Å². The molecular weight excluding hydrogens is 206 g/mol. The molecule has 0 aliphatic rings. The number of hydrogen-bond donors (Lipinski definition) is 1. The highest BCUT2D eigenvalue weighted by atomic mass is 19.3. The second kappa shape index (κ2) is 4.68. The van der Waals surface area contributed by atoms with Crippen molar-refractivity contribution < 1.29 is 13.7 Å². The molecule has 0 aromatic heterocycles. The number of nitrogens with one attached hydrogen (secondary N) is 1. The molecule has 0 fully saturated rings. The number of rotatable bonds is 4. The second-order valence-electron chi connectivity index (χ2n) is 3.03. The van der Waals surface area contributed by atoms with Crippen LogP contribution in [0.15, 0.2) is 18.2 Å². The van der Waals surface area contributed by atoms with Gasteiger partial charge in [-0.25, -0.2) is 8.78 Å². The summed E-state index contributed by atoms with van der Waals surface area (Å²) >= 11 is 0. The van der Waals surface area contributed by atoms with Crippen molar-refractivity contribution in [1.82, 2.24) is 0 Å². The number of nitrogens with zero attached hydrogens (tertiary/aromatic N) is 1. The lowest BCUT2D eigenvalue weighted by Gasteiger charge is -2.05. The predicted molar refractivity (Wildman–Crippen MR) is 52.3 cm³/mol. The molecule has 0 atom stereocenters. The minimum Gasteiger partial charge on any atom is -0.379 e. The lowest BCUT2D eigenvalue weighted by atomic mass is 10.2. The summed E-state index contributed by atoms with van der Waals surface area (Å²) in [6, 6.07) is 4.30. The molecule has 0 bridgehead atoms. The molecule has 0 amide bonds. The van der Waals surface area contributed by atoms with Gasteiger partial charge in [0.05, 0.1) is 11.5 Å². The zero-order valence-corrected chi connectivity index (χ0v) is 8.04. The van der Waals surface area contributed by atoms with Gasteiger partial charge in [-0.05, 0) is 13.0 Å². The van der Waals surface area contributed by atoms with Crippen LogP contribution in [0.25, 0.3) is 0 Å². The van der Waals surface area contributed by atoms with Crippen molar-refractivity contribution >= 4 is 11.4 Å². The quantitative estimate of drug-likeness (QED) is 0.621. The summed E-state index contributed by atoms with van der Waals surface area (Å²) in [6.45, 7) is 1.08. The standard InChI is InChI=1S/C9H10F2N2O2/c1-6-2-3-7(12-5-9(10)11)4-8(6)13(14)15/h2-4,9,12H,5H2,1H3. The van der Waals surface area contributed by atoms with Gasteiger partial charge in [0, 0.05) is 17.3 Å². The highest BCUT2D eigenvalue weighted by molar-refractivity contribution is 5.54. The average Bonchev–Trinajstić information content (AvgIpc) is 2.16. The molecule has 0 aliphatic carbocycles. The molecule has 6 heteroatoms. The van der Waals surface area contributed by atoms with E-state index in [0.717, 1.165) is 0 Å². The number of aryl methyl sites for hydroxylation is 1. The molecule has 0 spiro atoms. The van der Waals surface area contributed by atoms with Crippen molar-refractivity contribution in [2.24, 2.45) is 0 Å². The molecule has 0 saturated carbocycles. The van der Waals surface area contributed by atoms with E-state index < -0.39 is 17.9 Å². The number of hydrogen-bond acceptors (Lipinski definition) is 3. The van der Waals surface area contributed by atoms with Crippen molar-refractivity contribution in [2.45, 2.75) is 13.3 Å². The molecule has 1 aromatic carbocycles. The molecule has 1 N–H and O–H groups in total. The first kappa shape index (κ1) is 11.4. The Bertz CT molecular complexity index is 369. The van der Waals surface area contributed by atoms with Gasteiger partial charge in [-0.1, -0.05) is 6.07 Å². The molecule has 1 rings (SSSR count). The lowest BCUT2D eigenvalue weighted by molar-refractivity contribution is -0.385. The third-order valence-electron chi connectivity index (χ3n) is 1.87. The third-order valence-corrected chi connectivity index (χ3v) is 1.87. The van der Waals surface area contributed by atoms with Crippen LogP contribution in [0.5, 0.6) is 0 Å². The fourth-order valence-corrected chi connectivity index (χ4v) is 1.11. The highest BCUT2D eigenvalue weighted by Gasteiger charge is 2.11. The van der Waals surface area contributed by atoms with Crippen LogP contribution in [0.1, 0.15) is 5.56 Å². The van der Waals surface area contributed by atoms with Crippen LogP contribution in [0, 0.1) is 17.0 Å². The van der Waals surface area contributed by atoms with E-state index in [2.05, 4.69) is 5.32 Å². The van der Waals surface area contributed by atoms with Gasteiger partial charge in [0.1, 0.15) is 0 Å². The van der Waals surface area contributed by atoms with E-state index in [1.165, 1.54) is 18.2 Å². The molecule has 0 radical (unpaired) electrons. The molecule has 1 aromatic rings. The van der Waals surface area contributed by atoms with E-state index in [4.69, 9.17) is 0 Å².